The fraction of sp³-hybridized carbons (Fsp3) is 0.833. The first-order valence-electron chi connectivity index (χ1n) is 8.10. The molecule has 0 radical (unpaired) electrons. The average Bonchev–Trinajstić information content (AvgIpc) is 2.70. The molecule has 0 saturated heterocycles. The fourth-order valence-electron chi connectivity index (χ4n) is 1.99. The second-order valence-corrected chi connectivity index (χ2v) is 8.46. The first-order valence-corrected chi connectivity index (χ1v) is 11.1. The van der Waals surface area contributed by atoms with Crippen LogP contribution in [-0.2, 0) is 32.3 Å². The number of carbonyl (C=O) groups excluding carboxylic acids is 2. The van der Waals surface area contributed by atoms with Crippen LogP contribution >= 0.6 is 15.6 Å². The summed E-state index contributed by atoms with van der Waals surface area (Å²) in [7, 11) is -11.2. The second kappa shape index (κ2) is 13.1. The average molecular weight is 502 g/mol. The molecule has 1 unspecified atom stereocenters. The van der Waals surface area contributed by atoms with Crippen molar-refractivity contribution in [3.05, 3.63) is 0 Å². The lowest BCUT2D eigenvalue weighted by atomic mass is 10.0. The van der Waals surface area contributed by atoms with Crippen molar-refractivity contribution in [2.45, 2.75) is 48.8 Å². The van der Waals surface area contributed by atoms with Crippen LogP contribution in [0.2, 0.25) is 0 Å². The van der Waals surface area contributed by atoms with Crippen molar-refractivity contribution >= 4 is 28.2 Å². The van der Waals surface area contributed by atoms with Gasteiger partial charge < -0.3 is 60.0 Å². The van der Waals surface area contributed by atoms with Crippen molar-refractivity contribution < 1.29 is 82.7 Å². The molecule has 9 atom stereocenters. The van der Waals surface area contributed by atoms with E-state index in [0.29, 0.717) is 0 Å². The summed E-state index contributed by atoms with van der Waals surface area (Å²) in [4.78, 5) is 49.6. The first kappa shape index (κ1) is 30.3. The van der Waals surface area contributed by atoms with Crippen LogP contribution in [0.25, 0.3) is 0 Å². The molecule has 19 heteroatoms. The molecule has 0 spiro atoms. The zero-order valence-corrected chi connectivity index (χ0v) is 17.2. The molecule has 0 rings (SSSR count). The highest BCUT2D eigenvalue weighted by Crippen LogP contribution is 2.49. The van der Waals surface area contributed by atoms with Gasteiger partial charge in [0.2, 0.25) is 0 Å². The third-order valence-electron chi connectivity index (χ3n) is 3.55. The van der Waals surface area contributed by atoms with Gasteiger partial charge in [-0.3, -0.25) is 13.6 Å². The Balaban J connectivity index is 5.77. The summed E-state index contributed by atoms with van der Waals surface area (Å²) in [5.41, 5.74) is 0. The van der Waals surface area contributed by atoms with E-state index in [1.165, 1.54) is 0 Å². The number of hydrogen-bond donors (Lipinski definition) is 10. The number of phosphoric acid groups is 2. The maximum Gasteiger partial charge on any atom is 0.473 e. The van der Waals surface area contributed by atoms with E-state index >= 15 is 0 Å². The topological polar surface area (TPSA) is 298 Å². The lowest BCUT2D eigenvalue weighted by Crippen LogP contribution is -2.49. The van der Waals surface area contributed by atoms with Gasteiger partial charge in [0.25, 0.3) is 0 Å². The van der Waals surface area contributed by atoms with Crippen molar-refractivity contribution in [2.24, 2.45) is 0 Å². The van der Waals surface area contributed by atoms with E-state index in [4.69, 9.17) is 20.0 Å². The van der Waals surface area contributed by atoms with Crippen LogP contribution in [0.15, 0.2) is 0 Å². The highest BCUT2D eigenvalue weighted by Gasteiger charge is 2.44. The molecule has 0 fully saturated rings. The summed E-state index contributed by atoms with van der Waals surface area (Å²) in [5, 5.41) is 65.5. The SMILES string of the molecule is O=C[C@H](OP(=O)(O)O[C@@H]([C@H](O)[C@H](O)CO)[C@H](C=O)OP(=O)(O)O)[C@@H](O)[C@H](O)[C@H](O)CO. The molecular weight excluding hydrogens is 478 g/mol. The van der Waals surface area contributed by atoms with Gasteiger partial charge in [0, 0.05) is 0 Å². The van der Waals surface area contributed by atoms with Crippen molar-refractivity contribution in [3.63, 3.8) is 0 Å². The van der Waals surface area contributed by atoms with Crippen LogP contribution in [0.1, 0.15) is 0 Å². The molecule has 0 amide bonds. The fourth-order valence-corrected chi connectivity index (χ4v) is 3.57. The van der Waals surface area contributed by atoms with E-state index in [0.717, 1.165) is 0 Å². The predicted octanol–water partition coefficient (Wildman–Crippen LogP) is -5.48. The smallest absolute Gasteiger partial charge is 0.394 e. The molecule has 0 heterocycles. The summed E-state index contributed by atoms with van der Waals surface area (Å²) in [6.45, 7) is -2.31. The molecule has 31 heavy (non-hydrogen) atoms. The Morgan fingerprint density at radius 1 is 0.677 bits per heavy atom. The summed E-state index contributed by atoms with van der Waals surface area (Å²) >= 11 is 0. The predicted molar refractivity (Wildman–Crippen MR) is 92.8 cm³/mol. The number of aldehydes is 2. The van der Waals surface area contributed by atoms with Gasteiger partial charge in [0.05, 0.1) is 13.2 Å². The number of aliphatic hydroxyl groups is 7. The van der Waals surface area contributed by atoms with E-state index in [1.807, 2.05) is 0 Å². The molecule has 0 aromatic heterocycles. The normalized spacial score (nSPS) is 22.3. The molecular formula is C12H24O17P2. The third-order valence-corrected chi connectivity index (χ3v) is 5.08. The lowest BCUT2D eigenvalue weighted by Gasteiger charge is -2.32. The van der Waals surface area contributed by atoms with Crippen molar-refractivity contribution in [1.29, 1.82) is 0 Å². The van der Waals surface area contributed by atoms with E-state index in [9.17, 15) is 49.1 Å². The van der Waals surface area contributed by atoms with Gasteiger partial charge in [-0.2, -0.15) is 0 Å². The summed E-state index contributed by atoms with van der Waals surface area (Å²) < 4.78 is 35.8. The van der Waals surface area contributed by atoms with Gasteiger partial charge in [-0.1, -0.05) is 0 Å². The Hall–Kier alpha value is -0.720. The third kappa shape index (κ3) is 10.2. The Bertz CT molecular complexity index is 653. The Labute approximate surface area is 173 Å². The highest BCUT2D eigenvalue weighted by atomic mass is 31.2. The van der Waals surface area contributed by atoms with Crippen molar-refractivity contribution in [2.75, 3.05) is 13.2 Å². The van der Waals surface area contributed by atoms with Crippen LogP contribution in [0.4, 0.5) is 0 Å². The van der Waals surface area contributed by atoms with Crippen LogP contribution in [0, 0.1) is 0 Å². The minimum atomic E-state index is -5.68. The van der Waals surface area contributed by atoms with Crippen LogP contribution in [-0.4, -0.2) is 125 Å². The standard InChI is InChI=1S/C12H24O17P2/c13-1-5(17)9(19)11(21)7(3-15)28-31(25,26)29-12(10(20)6(18)2-14)8(4-16)27-30(22,23)24/h3-14,17-21H,1-2H2,(H,25,26)(H2,22,23,24)/t5-,6-,7+,8+,9-,10-,11-,12-/m1/s1. The lowest BCUT2D eigenvalue weighted by molar-refractivity contribution is -0.143. The number of phosphoric ester groups is 2. The molecule has 0 aliphatic carbocycles. The van der Waals surface area contributed by atoms with Gasteiger partial charge in [-0.15, -0.1) is 0 Å². The minimum absolute atomic E-state index is 0.332. The minimum Gasteiger partial charge on any atom is -0.394 e. The van der Waals surface area contributed by atoms with E-state index < -0.39 is 84.0 Å². The molecule has 0 saturated carbocycles. The Kier molecular flexibility index (Phi) is 12.8. The number of hydrogen-bond acceptors (Lipinski definition) is 14. The van der Waals surface area contributed by atoms with Gasteiger partial charge in [-0.05, 0) is 0 Å². The molecule has 0 aromatic carbocycles. The summed E-state index contributed by atoms with van der Waals surface area (Å²) in [6.07, 6.45) is -19.6. The number of aliphatic hydroxyl groups excluding tert-OH is 7. The molecule has 17 nitrogen and oxygen atoms in total. The van der Waals surface area contributed by atoms with E-state index in [1.54, 1.807) is 0 Å². The van der Waals surface area contributed by atoms with Crippen LogP contribution in [0.3, 0.4) is 0 Å². The van der Waals surface area contributed by atoms with Crippen LogP contribution < -0.4 is 0 Å². The molecule has 0 bridgehead atoms. The van der Waals surface area contributed by atoms with E-state index in [2.05, 4.69) is 13.6 Å². The maximum absolute atomic E-state index is 12.2. The number of carbonyl (C=O) groups is 2. The van der Waals surface area contributed by atoms with Gasteiger partial charge in [0.1, 0.15) is 36.6 Å². The monoisotopic (exact) mass is 502 g/mol. The van der Waals surface area contributed by atoms with Crippen molar-refractivity contribution in [1.82, 2.24) is 0 Å². The van der Waals surface area contributed by atoms with Crippen molar-refractivity contribution in [3.8, 4) is 0 Å². The molecule has 0 aromatic rings. The zero-order valence-electron chi connectivity index (χ0n) is 15.4. The summed E-state index contributed by atoms with van der Waals surface area (Å²) in [5.74, 6) is 0. The Morgan fingerprint density at radius 3 is 1.52 bits per heavy atom. The molecule has 0 aliphatic rings. The van der Waals surface area contributed by atoms with Crippen LogP contribution in [0.5, 0.6) is 0 Å². The Morgan fingerprint density at radius 2 is 1.13 bits per heavy atom. The zero-order chi connectivity index (χ0) is 24.6. The molecule has 184 valence electrons. The number of rotatable bonds is 16. The maximum atomic E-state index is 12.2. The quantitative estimate of drug-likeness (QED) is 0.0695. The van der Waals surface area contributed by atoms with Gasteiger partial charge in [0.15, 0.2) is 24.8 Å². The molecule has 0 aliphatic heterocycles. The second-order valence-electron chi connectivity index (χ2n) is 5.91. The van der Waals surface area contributed by atoms with E-state index in [-0.39, 0.29) is 6.29 Å². The highest BCUT2D eigenvalue weighted by molar-refractivity contribution is 7.47. The molecule has 10 N–H and O–H groups in total. The van der Waals surface area contributed by atoms with Gasteiger partial charge in [-0.25, -0.2) is 9.13 Å². The summed E-state index contributed by atoms with van der Waals surface area (Å²) in [6, 6.07) is 0. The first-order chi connectivity index (χ1) is 14.1. The van der Waals surface area contributed by atoms with Gasteiger partial charge >= 0.3 is 15.6 Å². The largest absolute Gasteiger partial charge is 0.473 e.